The number of nitrogens with two attached hydrogens (primary N) is 1. The van der Waals surface area contributed by atoms with Crippen LogP contribution in [0.25, 0.3) is 0 Å². The van der Waals surface area contributed by atoms with Crippen molar-refractivity contribution in [2.75, 3.05) is 12.0 Å². The largest absolute Gasteiger partial charge is 0.467 e. The molecule has 1 aliphatic heterocycles. The van der Waals surface area contributed by atoms with Crippen LogP contribution in [0.15, 0.2) is 24.3 Å². The Bertz CT molecular complexity index is 596. The summed E-state index contributed by atoms with van der Waals surface area (Å²) >= 11 is 0. The third kappa shape index (κ3) is 2.18. The minimum atomic E-state index is -1.36. The number of nitrogens with zero attached hydrogens (tertiary/aromatic N) is 1. The molecule has 8 heteroatoms. The van der Waals surface area contributed by atoms with Crippen molar-refractivity contribution in [3.63, 3.8) is 0 Å². The second kappa shape index (κ2) is 5.00. The summed E-state index contributed by atoms with van der Waals surface area (Å²) in [6, 6.07) is 3.43. The van der Waals surface area contributed by atoms with Gasteiger partial charge in [-0.1, -0.05) is 0 Å². The van der Waals surface area contributed by atoms with Crippen molar-refractivity contribution in [1.82, 2.24) is 5.32 Å². The number of hydrogen-bond donors (Lipinski definition) is 2. The average Bonchev–Trinajstić information content (AvgIpc) is 2.73. The van der Waals surface area contributed by atoms with Crippen LogP contribution in [0.4, 0.5) is 10.5 Å². The number of rotatable bonds is 3. The first kappa shape index (κ1) is 13.5. The summed E-state index contributed by atoms with van der Waals surface area (Å²) in [7, 11) is 1.12. The molecule has 0 aliphatic carbocycles. The number of methoxy groups -OCH3 is 1. The number of carbonyl (C=O) groups excluding carboxylic acids is 4. The van der Waals surface area contributed by atoms with Crippen molar-refractivity contribution in [3.05, 3.63) is 29.8 Å². The van der Waals surface area contributed by atoms with Crippen LogP contribution in [-0.4, -0.2) is 37.0 Å². The van der Waals surface area contributed by atoms with Crippen LogP contribution in [0.1, 0.15) is 10.4 Å². The Balaban J connectivity index is 2.28. The molecule has 1 saturated heterocycles. The molecule has 1 unspecified atom stereocenters. The SMILES string of the molecule is COC(=O)C1NC(=O)N(c2ccc(C(N)=O)cc2)C1=O. The number of ether oxygens (including phenoxy) is 1. The number of hydrogen-bond acceptors (Lipinski definition) is 5. The third-order valence-electron chi connectivity index (χ3n) is 2.79. The van der Waals surface area contributed by atoms with Gasteiger partial charge in [0.15, 0.2) is 0 Å². The molecule has 2 rings (SSSR count). The minimum Gasteiger partial charge on any atom is -0.467 e. The standard InChI is InChI=1S/C12H11N3O5/c1-20-11(18)8-10(17)15(12(19)14-8)7-4-2-6(3-5-7)9(13)16/h2-5,8H,1H3,(H2,13,16)(H,14,19). The van der Waals surface area contributed by atoms with E-state index in [4.69, 9.17) is 5.73 Å². The Morgan fingerprint density at radius 2 is 1.85 bits per heavy atom. The van der Waals surface area contributed by atoms with Crippen LogP contribution >= 0.6 is 0 Å². The van der Waals surface area contributed by atoms with E-state index >= 15 is 0 Å². The van der Waals surface area contributed by atoms with Gasteiger partial charge in [0.2, 0.25) is 11.9 Å². The van der Waals surface area contributed by atoms with Crippen LogP contribution in [0.2, 0.25) is 0 Å². The molecule has 104 valence electrons. The molecule has 0 spiro atoms. The van der Waals surface area contributed by atoms with Crippen molar-refractivity contribution < 1.29 is 23.9 Å². The third-order valence-corrected chi connectivity index (χ3v) is 2.79. The van der Waals surface area contributed by atoms with Gasteiger partial charge in [-0.3, -0.25) is 9.59 Å². The number of urea groups is 1. The first-order valence-corrected chi connectivity index (χ1v) is 5.58. The summed E-state index contributed by atoms with van der Waals surface area (Å²) in [6.45, 7) is 0. The predicted octanol–water partition coefficient (Wildman–Crippen LogP) is -0.617. The first-order valence-electron chi connectivity index (χ1n) is 5.58. The highest BCUT2D eigenvalue weighted by atomic mass is 16.5. The van der Waals surface area contributed by atoms with Gasteiger partial charge in [0, 0.05) is 5.56 Å². The van der Waals surface area contributed by atoms with Crippen molar-refractivity contribution in [3.8, 4) is 0 Å². The van der Waals surface area contributed by atoms with Gasteiger partial charge in [-0.25, -0.2) is 14.5 Å². The van der Waals surface area contributed by atoms with Gasteiger partial charge in [0.05, 0.1) is 12.8 Å². The van der Waals surface area contributed by atoms with E-state index in [0.717, 1.165) is 12.0 Å². The minimum absolute atomic E-state index is 0.226. The van der Waals surface area contributed by atoms with Gasteiger partial charge in [0.1, 0.15) is 0 Å². The van der Waals surface area contributed by atoms with Crippen molar-refractivity contribution in [2.24, 2.45) is 5.73 Å². The topological polar surface area (TPSA) is 119 Å². The van der Waals surface area contributed by atoms with Crippen molar-refractivity contribution in [2.45, 2.75) is 6.04 Å². The normalized spacial score (nSPS) is 17.9. The summed E-state index contributed by atoms with van der Waals surface area (Å²) < 4.78 is 4.43. The van der Waals surface area contributed by atoms with E-state index in [0.29, 0.717) is 0 Å². The molecule has 1 aliphatic rings. The number of benzene rings is 1. The highest BCUT2D eigenvalue weighted by Crippen LogP contribution is 2.20. The second-order valence-electron chi connectivity index (χ2n) is 3.99. The van der Waals surface area contributed by atoms with E-state index in [1.54, 1.807) is 0 Å². The summed E-state index contributed by atoms with van der Waals surface area (Å²) in [5, 5.41) is 2.21. The highest BCUT2D eigenvalue weighted by Gasteiger charge is 2.44. The average molecular weight is 277 g/mol. The van der Waals surface area contributed by atoms with Gasteiger partial charge in [-0.15, -0.1) is 0 Å². The highest BCUT2D eigenvalue weighted by molar-refractivity contribution is 6.27. The quantitative estimate of drug-likeness (QED) is 0.433. The first-order chi connectivity index (χ1) is 9.45. The maximum atomic E-state index is 12.0. The second-order valence-corrected chi connectivity index (χ2v) is 3.99. The lowest BCUT2D eigenvalue weighted by atomic mass is 10.2. The van der Waals surface area contributed by atoms with Gasteiger partial charge >= 0.3 is 12.0 Å². The van der Waals surface area contributed by atoms with Crippen molar-refractivity contribution >= 4 is 29.5 Å². The van der Waals surface area contributed by atoms with E-state index in [9.17, 15) is 19.2 Å². The van der Waals surface area contributed by atoms with Crippen LogP contribution in [0, 0.1) is 0 Å². The summed E-state index contributed by atoms with van der Waals surface area (Å²) in [5.41, 5.74) is 5.56. The fraction of sp³-hybridized carbons (Fsp3) is 0.167. The molecule has 8 nitrogen and oxygen atoms in total. The maximum Gasteiger partial charge on any atom is 0.338 e. The molecule has 0 saturated carbocycles. The molecule has 20 heavy (non-hydrogen) atoms. The van der Waals surface area contributed by atoms with Crippen molar-refractivity contribution in [1.29, 1.82) is 0 Å². The molecule has 1 fully saturated rings. The molecule has 0 radical (unpaired) electrons. The molecular weight excluding hydrogens is 266 g/mol. The number of nitrogens with one attached hydrogen (secondary N) is 1. The number of amides is 4. The fourth-order valence-electron chi connectivity index (χ4n) is 1.78. The van der Waals surface area contributed by atoms with Crippen LogP contribution in [0.3, 0.4) is 0 Å². The van der Waals surface area contributed by atoms with E-state index in [1.807, 2.05) is 0 Å². The molecule has 0 aromatic heterocycles. The molecule has 0 bridgehead atoms. The Morgan fingerprint density at radius 3 is 2.35 bits per heavy atom. The molecule has 1 heterocycles. The van der Waals surface area contributed by atoms with E-state index in [-0.39, 0.29) is 11.3 Å². The molecule has 4 amide bonds. The zero-order valence-electron chi connectivity index (χ0n) is 10.5. The van der Waals surface area contributed by atoms with Crippen LogP contribution < -0.4 is 16.0 Å². The number of carbonyl (C=O) groups is 4. The Labute approximate surface area is 113 Å². The van der Waals surface area contributed by atoms with E-state index in [2.05, 4.69) is 10.1 Å². The van der Waals surface area contributed by atoms with Crippen LogP contribution in [-0.2, 0) is 14.3 Å². The van der Waals surface area contributed by atoms with Gasteiger partial charge in [0.25, 0.3) is 5.91 Å². The molecular formula is C12H11N3O5. The zero-order chi connectivity index (χ0) is 14.9. The number of primary amides is 1. The molecule has 1 aromatic rings. The van der Waals surface area contributed by atoms with Gasteiger partial charge < -0.3 is 15.8 Å². The molecule has 1 aromatic carbocycles. The monoisotopic (exact) mass is 277 g/mol. The lowest BCUT2D eigenvalue weighted by Gasteiger charge is -2.12. The van der Waals surface area contributed by atoms with Crippen LogP contribution in [0.5, 0.6) is 0 Å². The van der Waals surface area contributed by atoms with Gasteiger partial charge in [-0.2, -0.15) is 0 Å². The number of anilines is 1. The molecule has 3 N–H and O–H groups in total. The summed E-state index contributed by atoms with van der Waals surface area (Å²) in [5.74, 6) is -2.21. The smallest absolute Gasteiger partial charge is 0.338 e. The van der Waals surface area contributed by atoms with E-state index in [1.165, 1.54) is 24.3 Å². The fourth-order valence-corrected chi connectivity index (χ4v) is 1.78. The van der Waals surface area contributed by atoms with E-state index < -0.39 is 29.9 Å². The maximum absolute atomic E-state index is 12.0. The zero-order valence-corrected chi connectivity index (χ0v) is 10.5. The number of imide groups is 1. The lowest BCUT2D eigenvalue weighted by Crippen LogP contribution is -2.38. The molecule has 1 atom stereocenters. The summed E-state index contributed by atoms with van der Waals surface area (Å²) in [4.78, 5) is 46.8. The lowest BCUT2D eigenvalue weighted by molar-refractivity contribution is -0.145. The Hall–Kier alpha value is -2.90. The Morgan fingerprint density at radius 1 is 1.25 bits per heavy atom. The van der Waals surface area contributed by atoms with Gasteiger partial charge in [-0.05, 0) is 24.3 Å². The Kier molecular flexibility index (Phi) is 3.38. The predicted molar refractivity (Wildman–Crippen MR) is 66.8 cm³/mol. The summed E-state index contributed by atoms with van der Waals surface area (Å²) in [6.07, 6.45) is 0. The number of esters is 1.